The van der Waals surface area contributed by atoms with Crippen molar-refractivity contribution in [3.05, 3.63) is 11.6 Å². The summed E-state index contributed by atoms with van der Waals surface area (Å²) in [6, 6.07) is 2.48. The number of nitrogens with zero attached hydrogens (tertiary/aromatic N) is 1. The predicted molar refractivity (Wildman–Crippen MR) is 82.1 cm³/mol. The first-order valence-corrected chi connectivity index (χ1v) is 8.04. The lowest BCUT2D eigenvalue weighted by atomic mass is 9.36. The fraction of sp³-hybridized carbons (Fsp3) is 0.722. The number of carbonyl (C=O) groups excluding carboxylic acids is 1. The van der Waals surface area contributed by atoms with Crippen molar-refractivity contribution >= 4 is 11.9 Å². The number of hydrogen-bond acceptors (Lipinski definition) is 4. The number of carboxylic acids is 1. The van der Waals surface area contributed by atoms with E-state index in [9.17, 15) is 20.0 Å². The maximum absolute atomic E-state index is 12.6. The largest absolute Gasteiger partial charge is 0.478 e. The second kappa shape index (κ2) is 4.59. The zero-order valence-electron chi connectivity index (χ0n) is 13.9. The monoisotopic (exact) mass is 317 g/mol. The van der Waals surface area contributed by atoms with Gasteiger partial charge in [-0.05, 0) is 56.3 Å². The number of rotatable bonds is 3. The Morgan fingerprint density at radius 2 is 1.87 bits per heavy atom. The second-order valence-electron chi connectivity index (χ2n) is 8.53. The Morgan fingerprint density at radius 1 is 1.17 bits per heavy atom. The van der Waals surface area contributed by atoms with Crippen molar-refractivity contribution < 1.29 is 19.4 Å². The summed E-state index contributed by atoms with van der Waals surface area (Å²) in [4.78, 5) is 23.9. The van der Waals surface area contributed by atoms with Gasteiger partial charge in [0.1, 0.15) is 0 Å². The molecule has 4 atom stereocenters. The number of aliphatic carboxylic acids is 1. The van der Waals surface area contributed by atoms with Crippen LogP contribution in [-0.4, -0.2) is 24.2 Å². The zero-order valence-corrected chi connectivity index (χ0v) is 13.9. The molecule has 0 aromatic carbocycles. The van der Waals surface area contributed by atoms with Gasteiger partial charge in [0.15, 0.2) is 0 Å². The van der Waals surface area contributed by atoms with Crippen LogP contribution in [0.5, 0.6) is 0 Å². The lowest BCUT2D eigenvalue weighted by Crippen LogP contribution is -2.62. The van der Waals surface area contributed by atoms with Crippen molar-refractivity contribution in [2.75, 3.05) is 7.11 Å². The van der Waals surface area contributed by atoms with Gasteiger partial charge in [-0.15, -0.1) is 0 Å². The van der Waals surface area contributed by atoms with Gasteiger partial charge < -0.3 is 9.84 Å². The number of nitriles is 1. The minimum Gasteiger partial charge on any atom is -0.478 e. The maximum Gasteiger partial charge on any atom is 0.330 e. The Morgan fingerprint density at radius 3 is 2.43 bits per heavy atom. The first-order valence-electron chi connectivity index (χ1n) is 8.04. The molecule has 4 rings (SSSR count). The molecule has 124 valence electrons. The lowest BCUT2D eigenvalue weighted by Gasteiger charge is -2.66. The molecule has 23 heavy (non-hydrogen) atoms. The van der Waals surface area contributed by atoms with E-state index in [-0.39, 0.29) is 11.4 Å². The molecule has 0 saturated heterocycles. The highest BCUT2D eigenvalue weighted by atomic mass is 16.5. The van der Waals surface area contributed by atoms with Crippen LogP contribution < -0.4 is 0 Å². The average Bonchev–Trinajstić information content (AvgIpc) is 2.43. The van der Waals surface area contributed by atoms with E-state index in [1.165, 1.54) is 7.11 Å². The first-order chi connectivity index (χ1) is 10.6. The molecule has 0 spiro atoms. The van der Waals surface area contributed by atoms with Gasteiger partial charge in [0, 0.05) is 5.57 Å². The molecule has 0 aromatic heterocycles. The molecule has 4 unspecified atom stereocenters. The van der Waals surface area contributed by atoms with E-state index in [1.54, 1.807) is 6.92 Å². The fourth-order valence-electron chi connectivity index (χ4n) is 6.46. The van der Waals surface area contributed by atoms with Crippen LogP contribution >= 0.6 is 0 Å². The minimum atomic E-state index is -0.941. The normalized spacial score (nSPS) is 44.7. The summed E-state index contributed by atoms with van der Waals surface area (Å²) in [6.45, 7) is 3.72. The van der Waals surface area contributed by atoms with Crippen LogP contribution in [0.25, 0.3) is 0 Å². The smallest absolute Gasteiger partial charge is 0.330 e. The third kappa shape index (κ3) is 2.27. The van der Waals surface area contributed by atoms with Crippen LogP contribution in [0, 0.1) is 33.0 Å². The third-order valence-corrected chi connectivity index (χ3v) is 6.08. The Balaban J connectivity index is 2.14. The van der Waals surface area contributed by atoms with Crippen molar-refractivity contribution in [1.29, 1.82) is 5.26 Å². The number of allylic oxidation sites excluding steroid dienone is 1. The molecule has 4 aliphatic rings. The summed E-state index contributed by atoms with van der Waals surface area (Å²) >= 11 is 0. The number of esters is 1. The highest BCUT2D eigenvalue weighted by Gasteiger charge is 2.69. The topological polar surface area (TPSA) is 87.4 Å². The molecule has 0 amide bonds. The molecular formula is C18H23NO4. The predicted octanol–water partition coefficient (Wildman–Crippen LogP) is 3.06. The summed E-state index contributed by atoms with van der Waals surface area (Å²) in [5.41, 5.74) is -1.41. The Kier molecular flexibility index (Phi) is 3.20. The van der Waals surface area contributed by atoms with Crippen molar-refractivity contribution in [3.8, 4) is 6.07 Å². The molecule has 1 N–H and O–H groups in total. The highest BCUT2D eigenvalue weighted by molar-refractivity contribution is 5.86. The van der Waals surface area contributed by atoms with E-state index < -0.39 is 22.2 Å². The van der Waals surface area contributed by atoms with Crippen LogP contribution in [0.15, 0.2) is 11.6 Å². The SMILES string of the molecule is COC(=O)C12CC3(C)CC(C#N)(CC(C=C(C)C(=O)O)(C3)C1)C2. The fourth-order valence-corrected chi connectivity index (χ4v) is 6.46. The van der Waals surface area contributed by atoms with E-state index in [4.69, 9.17) is 4.74 Å². The summed E-state index contributed by atoms with van der Waals surface area (Å²) in [6.07, 6.45) is 5.96. The van der Waals surface area contributed by atoms with Crippen molar-refractivity contribution in [2.24, 2.45) is 21.7 Å². The summed E-state index contributed by atoms with van der Waals surface area (Å²) in [7, 11) is 1.40. The number of carbonyl (C=O) groups is 2. The molecule has 0 heterocycles. The number of hydrogen-bond donors (Lipinski definition) is 1. The van der Waals surface area contributed by atoms with Crippen molar-refractivity contribution in [3.63, 3.8) is 0 Å². The van der Waals surface area contributed by atoms with Crippen LogP contribution in [0.1, 0.15) is 52.4 Å². The molecule has 0 aliphatic heterocycles. The van der Waals surface area contributed by atoms with E-state index in [2.05, 4.69) is 13.0 Å². The molecule has 0 aromatic rings. The lowest BCUT2D eigenvalue weighted by molar-refractivity contribution is -0.194. The summed E-state index contributed by atoms with van der Waals surface area (Å²) in [5.74, 6) is -1.18. The molecule has 4 saturated carbocycles. The Hall–Kier alpha value is -1.83. The number of ether oxygens (including phenoxy) is 1. The van der Waals surface area contributed by atoms with Gasteiger partial charge >= 0.3 is 11.9 Å². The minimum absolute atomic E-state index is 0.117. The van der Waals surface area contributed by atoms with Crippen LogP contribution in [0.2, 0.25) is 0 Å². The average molecular weight is 317 g/mol. The van der Waals surface area contributed by atoms with E-state index in [0.717, 1.165) is 19.3 Å². The summed E-state index contributed by atoms with van der Waals surface area (Å²) < 4.78 is 5.08. The number of carboxylic acid groups (broad SMARTS) is 1. The van der Waals surface area contributed by atoms with E-state index >= 15 is 0 Å². The van der Waals surface area contributed by atoms with Gasteiger partial charge in [-0.2, -0.15) is 5.26 Å². The van der Waals surface area contributed by atoms with E-state index in [1.807, 2.05) is 6.08 Å². The Bertz CT molecular complexity index is 662. The molecule has 4 fully saturated rings. The summed E-state index contributed by atoms with van der Waals surface area (Å²) in [5, 5.41) is 19.1. The van der Waals surface area contributed by atoms with Crippen LogP contribution in [0.3, 0.4) is 0 Å². The highest BCUT2D eigenvalue weighted by Crippen LogP contribution is 2.74. The molecule has 4 bridgehead atoms. The van der Waals surface area contributed by atoms with Gasteiger partial charge in [-0.3, -0.25) is 4.79 Å². The van der Waals surface area contributed by atoms with Gasteiger partial charge in [0.2, 0.25) is 0 Å². The second-order valence-corrected chi connectivity index (χ2v) is 8.53. The first kappa shape index (κ1) is 16.0. The quantitative estimate of drug-likeness (QED) is 0.638. The third-order valence-electron chi connectivity index (χ3n) is 6.08. The van der Waals surface area contributed by atoms with E-state index in [0.29, 0.717) is 24.8 Å². The molecule has 4 aliphatic carbocycles. The van der Waals surface area contributed by atoms with Crippen molar-refractivity contribution in [2.45, 2.75) is 52.4 Å². The molecule has 5 heteroatoms. The van der Waals surface area contributed by atoms with Gasteiger partial charge in [0.25, 0.3) is 0 Å². The standard InChI is InChI=1S/C18H23NO4/c1-12(13(20)21)4-16-5-15(2)6-17(8-16,11-19)10-18(7-15,9-16)14(22)23-3/h4H,5-10H2,1-3H3,(H,20,21). The zero-order chi connectivity index (χ0) is 17.1. The molecule has 0 radical (unpaired) electrons. The van der Waals surface area contributed by atoms with Crippen LogP contribution in [-0.2, 0) is 14.3 Å². The Labute approximate surface area is 136 Å². The molecule has 5 nitrogen and oxygen atoms in total. The van der Waals surface area contributed by atoms with Gasteiger partial charge in [-0.25, -0.2) is 4.79 Å². The number of methoxy groups -OCH3 is 1. The van der Waals surface area contributed by atoms with Gasteiger partial charge in [-0.1, -0.05) is 13.0 Å². The molecular weight excluding hydrogens is 294 g/mol. The maximum atomic E-state index is 12.6. The van der Waals surface area contributed by atoms with Crippen LogP contribution in [0.4, 0.5) is 0 Å². The van der Waals surface area contributed by atoms with Crippen molar-refractivity contribution in [1.82, 2.24) is 0 Å². The van der Waals surface area contributed by atoms with Gasteiger partial charge in [0.05, 0.1) is 24.0 Å².